The minimum Gasteiger partial charge on any atom is -0.435 e. The van der Waals surface area contributed by atoms with Crippen LogP contribution in [0.3, 0.4) is 0 Å². The quantitative estimate of drug-likeness (QED) is 0.850. The van der Waals surface area contributed by atoms with E-state index in [0.29, 0.717) is 11.3 Å². The van der Waals surface area contributed by atoms with E-state index in [0.717, 1.165) is 5.01 Å². The molecule has 0 spiro atoms. The van der Waals surface area contributed by atoms with Crippen LogP contribution < -0.4 is 4.74 Å². The molecule has 0 aliphatic carbocycles. The van der Waals surface area contributed by atoms with Gasteiger partial charge in [-0.05, 0) is 24.6 Å². The van der Waals surface area contributed by atoms with Crippen LogP contribution in [0.15, 0.2) is 29.6 Å². The van der Waals surface area contributed by atoms with E-state index >= 15 is 0 Å². The number of thiazole rings is 1. The largest absolute Gasteiger partial charge is 0.435 e. The summed E-state index contributed by atoms with van der Waals surface area (Å²) >= 11 is 1.40. The van der Waals surface area contributed by atoms with Crippen LogP contribution in [0.4, 0.5) is 8.78 Å². The third-order valence-electron chi connectivity index (χ3n) is 2.73. The highest BCUT2D eigenvalue weighted by Gasteiger charge is 2.15. The van der Waals surface area contributed by atoms with Crippen LogP contribution in [0, 0.1) is 6.92 Å². The van der Waals surface area contributed by atoms with E-state index in [1.807, 2.05) is 6.92 Å². The average molecular weight is 312 g/mol. The summed E-state index contributed by atoms with van der Waals surface area (Å²) in [4.78, 5) is 17.8. The van der Waals surface area contributed by atoms with E-state index in [1.54, 1.807) is 24.6 Å². The molecule has 0 aliphatic heterocycles. The predicted octanol–water partition coefficient (Wildman–Crippen LogP) is 3.33. The van der Waals surface area contributed by atoms with Crippen molar-refractivity contribution in [2.75, 3.05) is 7.05 Å². The van der Waals surface area contributed by atoms with Crippen molar-refractivity contribution in [2.24, 2.45) is 0 Å². The lowest BCUT2D eigenvalue weighted by Gasteiger charge is -2.16. The van der Waals surface area contributed by atoms with E-state index in [9.17, 15) is 13.6 Å². The molecule has 112 valence electrons. The summed E-state index contributed by atoms with van der Waals surface area (Å²) in [6.45, 7) is -0.750. The zero-order chi connectivity index (χ0) is 15.4. The van der Waals surface area contributed by atoms with Gasteiger partial charge in [-0.25, -0.2) is 4.98 Å². The van der Waals surface area contributed by atoms with Gasteiger partial charge in [0.2, 0.25) is 0 Å². The molecule has 4 nitrogen and oxygen atoms in total. The summed E-state index contributed by atoms with van der Waals surface area (Å²) in [5.41, 5.74) is 1.09. The van der Waals surface area contributed by atoms with Crippen molar-refractivity contribution in [1.29, 1.82) is 0 Å². The Bertz CT molecular complexity index is 631. The Kier molecular flexibility index (Phi) is 4.85. The van der Waals surface area contributed by atoms with Crippen LogP contribution in [-0.2, 0) is 6.54 Å². The van der Waals surface area contributed by atoms with E-state index in [1.165, 1.54) is 28.4 Å². The molecule has 0 saturated carbocycles. The number of nitrogens with zero attached hydrogens (tertiary/aromatic N) is 2. The van der Waals surface area contributed by atoms with Gasteiger partial charge in [-0.3, -0.25) is 4.79 Å². The summed E-state index contributed by atoms with van der Waals surface area (Å²) in [7, 11) is 1.64. The van der Waals surface area contributed by atoms with Crippen molar-refractivity contribution in [3.63, 3.8) is 0 Å². The number of aryl methyl sites for hydroxylation is 1. The van der Waals surface area contributed by atoms with Crippen LogP contribution in [0.5, 0.6) is 5.75 Å². The predicted molar refractivity (Wildman–Crippen MR) is 75.7 cm³/mol. The molecule has 1 heterocycles. The summed E-state index contributed by atoms with van der Waals surface area (Å²) < 4.78 is 28.7. The molecule has 0 bridgehead atoms. The van der Waals surface area contributed by atoms with Crippen molar-refractivity contribution < 1.29 is 18.3 Å². The molecule has 0 saturated heterocycles. The van der Waals surface area contributed by atoms with Gasteiger partial charge in [0, 0.05) is 19.0 Å². The molecule has 2 aromatic rings. The van der Waals surface area contributed by atoms with Gasteiger partial charge in [0.05, 0.1) is 5.01 Å². The van der Waals surface area contributed by atoms with Crippen LogP contribution >= 0.6 is 11.3 Å². The van der Waals surface area contributed by atoms with E-state index < -0.39 is 6.61 Å². The number of aromatic nitrogens is 1. The number of carbonyl (C=O) groups excluding carboxylic acids is 1. The number of alkyl halides is 2. The minimum atomic E-state index is -2.86. The average Bonchev–Trinajstić information content (AvgIpc) is 2.84. The Labute approximate surface area is 125 Å². The van der Waals surface area contributed by atoms with Gasteiger partial charge in [-0.15, -0.1) is 11.3 Å². The Balaban J connectivity index is 2.05. The van der Waals surface area contributed by atoms with Crippen LogP contribution in [0.2, 0.25) is 0 Å². The normalized spacial score (nSPS) is 10.7. The lowest BCUT2D eigenvalue weighted by Crippen LogP contribution is -2.26. The van der Waals surface area contributed by atoms with Crippen molar-refractivity contribution in [3.05, 3.63) is 45.9 Å². The first kappa shape index (κ1) is 15.4. The Morgan fingerprint density at radius 1 is 1.48 bits per heavy atom. The summed E-state index contributed by atoms with van der Waals surface area (Å²) in [5.74, 6) is -0.132. The first-order valence-corrected chi connectivity index (χ1v) is 7.05. The smallest absolute Gasteiger partial charge is 0.387 e. The highest BCUT2D eigenvalue weighted by molar-refractivity contribution is 7.09. The fourth-order valence-corrected chi connectivity index (χ4v) is 2.41. The van der Waals surface area contributed by atoms with Gasteiger partial charge in [0.1, 0.15) is 11.4 Å². The van der Waals surface area contributed by atoms with Gasteiger partial charge in [-0.1, -0.05) is 12.1 Å². The van der Waals surface area contributed by atoms with Gasteiger partial charge < -0.3 is 9.64 Å². The maximum Gasteiger partial charge on any atom is 0.387 e. The van der Waals surface area contributed by atoms with Crippen molar-refractivity contribution >= 4 is 17.2 Å². The van der Waals surface area contributed by atoms with Crippen molar-refractivity contribution in [1.82, 2.24) is 9.88 Å². The number of rotatable bonds is 5. The molecule has 0 radical (unpaired) electrons. The standard InChI is InChI=1S/C14H14F2N2O2S/c1-9-17-12(8-21-9)13(19)18(2)7-10-4-3-5-11(6-10)20-14(15)16/h3-6,8,14H,7H2,1-2H3. The molecule has 7 heteroatoms. The molecule has 0 N–H and O–H groups in total. The molecule has 0 fully saturated rings. The molecular formula is C14H14F2N2O2S. The van der Waals surface area contributed by atoms with Gasteiger partial charge in [0.25, 0.3) is 5.91 Å². The summed E-state index contributed by atoms with van der Waals surface area (Å²) in [5, 5.41) is 2.52. The summed E-state index contributed by atoms with van der Waals surface area (Å²) in [6, 6.07) is 6.29. The molecule has 0 aliphatic rings. The lowest BCUT2D eigenvalue weighted by molar-refractivity contribution is -0.0499. The van der Waals surface area contributed by atoms with E-state index in [-0.39, 0.29) is 18.2 Å². The van der Waals surface area contributed by atoms with Crippen molar-refractivity contribution in [3.8, 4) is 5.75 Å². The van der Waals surface area contributed by atoms with Crippen molar-refractivity contribution in [2.45, 2.75) is 20.1 Å². The molecule has 0 atom stereocenters. The van der Waals surface area contributed by atoms with E-state index in [4.69, 9.17) is 0 Å². The third kappa shape index (κ3) is 4.22. The number of amides is 1. The monoisotopic (exact) mass is 312 g/mol. The molecule has 0 unspecified atom stereocenters. The summed E-state index contributed by atoms with van der Waals surface area (Å²) in [6.07, 6.45) is 0. The van der Waals surface area contributed by atoms with Gasteiger partial charge >= 0.3 is 6.61 Å². The van der Waals surface area contributed by atoms with Crippen LogP contribution in [-0.4, -0.2) is 29.5 Å². The maximum absolute atomic E-state index is 12.2. The topological polar surface area (TPSA) is 42.4 Å². The van der Waals surface area contributed by atoms with Gasteiger partial charge in [0.15, 0.2) is 0 Å². The first-order chi connectivity index (χ1) is 9.95. The zero-order valence-corrected chi connectivity index (χ0v) is 12.4. The minimum absolute atomic E-state index is 0.0767. The molecule has 1 amide bonds. The Morgan fingerprint density at radius 3 is 2.86 bits per heavy atom. The number of hydrogen-bond donors (Lipinski definition) is 0. The maximum atomic E-state index is 12.2. The Morgan fingerprint density at radius 2 is 2.24 bits per heavy atom. The van der Waals surface area contributed by atoms with Crippen LogP contribution in [0.25, 0.3) is 0 Å². The second-order valence-electron chi connectivity index (χ2n) is 4.44. The molecule has 1 aromatic heterocycles. The fourth-order valence-electron chi connectivity index (χ4n) is 1.82. The number of carbonyl (C=O) groups is 1. The molecule has 1 aromatic carbocycles. The van der Waals surface area contributed by atoms with E-state index in [2.05, 4.69) is 9.72 Å². The second-order valence-corrected chi connectivity index (χ2v) is 5.50. The van der Waals surface area contributed by atoms with Crippen LogP contribution in [0.1, 0.15) is 21.1 Å². The number of halogens is 2. The number of benzene rings is 1. The zero-order valence-electron chi connectivity index (χ0n) is 11.5. The Hall–Kier alpha value is -2.02. The molecule has 2 rings (SSSR count). The fraction of sp³-hybridized carbons (Fsp3) is 0.286. The van der Waals surface area contributed by atoms with Gasteiger partial charge in [-0.2, -0.15) is 8.78 Å². The highest BCUT2D eigenvalue weighted by Crippen LogP contribution is 2.18. The number of ether oxygens (including phenoxy) is 1. The SMILES string of the molecule is Cc1nc(C(=O)N(C)Cc2cccc(OC(F)F)c2)cs1. The molecular weight excluding hydrogens is 298 g/mol. The number of hydrogen-bond acceptors (Lipinski definition) is 4. The first-order valence-electron chi connectivity index (χ1n) is 6.17. The highest BCUT2D eigenvalue weighted by atomic mass is 32.1. The second kappa shape index (κ2) is 6.62. The lowest BCUT2D eigenvalue weighted by atomic mass is 10.2. The third-order valence-corrected chi connectivity index (χ3v) is 3.50. The molecule has 21 heavy (non-hydrogen) atoms.